The van der Waals surface area contributed by atoms with Crippen LogP contribution in [0.2, 0.25) is 0 Å². The van der Waals surface area contributed by atoms with Crippen LogP contribution >= 0.6 is 11.8 Å². The Bertz CT molecular complexity index is 689. The maximum Gasteiger partial charge on any atom is 0.0962 e. The summed E-state index contributed by atoms with van der Waals surface area (Å²) in [5.41, 5.74) is 2.80. The minimum absolute atomic E-state index is 0.245. The van der Waals surface area contributed by atoms with E-state index in [2.05, 4.69) is 76.6 Å². The number of thioether (sulfide) groups is 1. The molecule has 24 heavy (non-hydrogen) atoms. The molecule has 0 radical (unpaired) electrons. The van der Waals surface area contributed by atoms with E-state index in [0.717, 1.165) is 18.4 Å². The summed E-state index contributed by atoms with van der Waals surface area (Å²) in [5, 5.41) is 3.97. The molecule has 2 heterocycles. The van der Waals surface area contributed by atoms with Crippen LogP contribution in [-0.4, -0.2) is 22.9 Å². The smallest absolute Gasteiger partial charge is 0.0962 e. The van der Waals surface area contributed by atoms with E-state index in [9.17, 15) is 0 Å². The van der Waals surface area contributed by atoms with Crippen LogP contribution < -0.4 is 5.32 Å². The lowest BCUT2D eigenvalue weighted by Crippen LogP contribution is -2.60. The molecule has 1 saturated heterocycles. The number of likely N-dealkylation sites (tertiary alicyclic amines) is 1. The molecule has 2 bridgehead atoms. The Labute approximate surface area is 148 Å². The maximum atomic E-state index is 3.97. The molecule has 2 aromatic rings. The number of nitrogens with zero attached hydrogens (tertiary/aromatic N) is 1. The number of para-hydroxylation sites is 1. The lowest BCUT2D eigenvalue weighted by Gasteiger charge is -2.54. The van der Waals surface area contributed by atoms with Gasteiger partial charge in [0.25, 0.3) is 0 Å². The van der Waals surface area contributed by atoms with E-state index in [4.69, 9.17) is 0 Å². The average Bonchev–Trinajstić information content (AvgIpc) is 2.96. The lowest BCUT2D eigenvalue weighted by molar-refractivity contribution is 0.0531. The highest BCUT2D eigenvalue weighted by Gasteiger charge is 2.54. The highest BCUT2D eigenvalue weighted by atomic mass is 32.2. The molecule has 1 N–H and O–H groups in total. The van der Waals surface area contributed by atoms with Gasteiger partial charge in [-0.3, -0.25) is 4.90 Å². The average molecular weight is 337 g/mol. The van der Waals surface area contributed by atoms with Gasteiger partial charge in [-0.1, -0.05) is 60.6 Å². The zero-order valence-electron chi connectivity index (χ0n) is 13.9. The molecule has 2 unspecified atom stereocenters. The van der Waals surface area contributed by atoms with Gasteiger partial charge in [-0.05, 0) is 30.5 Å². The molecule has 124 valence electrons. The van der Waals surface area contributed by atoms with Crippen molar-refractivity contribution in [1.82, 2.24) is 4.90 Å². The highest BCUT2D eigenvalue weighted by molar-refractivity contribution is 8.01. The van der Waals surface area contributed by atoms with Crippen molar-refractivity contribution in [3.63, 3.8) is 0 Å². The predicted molar refractivity (Wildman–Crippen MR) is 101 cm³/mol. The molecule has 2 aromatic carbocycles. The molecule has 1 saturated carbocycles. The van der Waals surface area contributed by atoms with Crippen molar-refractivity contribution < 1.29 is 0 Å². The van der Waals surface area contributed by atoms with Gasteiger partial charge in [0, 0.05) is 42.1 Å². The van der Waals surface area contributed by atoms with E-state index in [-0.39, 0.29) is 4.87 Å². The van der Waals surface area contributed by atoms with E-state index in [1.807, 2.05) is 0 Å². The van der Waals surface area contributed by atoms with Crippen LogP contribution in [0.3, 0.4) is 0 Å². The molecule has 5 rings (SSSR count). The second kappa shape index (κ2) is 5.82. The van der Waals surface area contributed by atoms with Crippen LogP contribution in [0, 0.1) is 11.8 Å². The fourth-order valence-electron chi connectivity index (χ4n) is 4.94. The number of hydrogen-bond acceptors (Lipinski definition) is 3. The second-order valence-corrected chi connectivity index (χ2v) is 8.84. The molecule has 0 aromatic heterocycles. The van der Waals surface area contributed by atoms with Crippen molar-refractivity contribution in [2.75, 3.05) is 18.4 Å². The summed E-state index contributed by atoms with van der Waals surface area (Å²) in [6, 6.07) is 19.8. The first-order chi connectivity index (χ1) is 11.8. The summed E-state index contributed by atoms with van der Waals surface area (Å²) < 4.78 is 0. The Morgan fingerprint density at radius 3 is 2.42 bits per heavy atom. The normalized spacial score (nSPS) is 31.7. The van der Waals surface area contributed by atoms with Crippen LogP contribution in [0.15, 0.2) is 59.5 Å². The SMILES string of the molecule is c1ccc(CN2CC3CCCC(C2)C32Nc3ccccc3S2)cc1. The predicted octanol–water partition coefficient (Wildman–Crippen LogP) is 4.83. The fourth-order valence-corrected chi connectivity index (χ4v) is 6.56. The quantitative estimate of drug-likeness (QED) is 0.845. The monoisotopic (exact) mass is 336 g/mol. The van der Waals surface area contributed by atoms with Crippen molar-refractivity contribution in [3.05, 3.63) is 60.2 Å². The summed E-state index contributed by atoms with van der Waals surface area (Å²) in [5.74, 6) is 1.48. The van der Waals surface area contributed by atoms with Gasteiger partial charge in [0.1, 0.15) is 0 Å². The van der Waals surface area contributed by atoms with Gasteiger partial charge in [0.15, 0.2) is 0 Å². The number of hydrogen-bond donors (Lipinski definition) is 1. The maximum absolute atomic E-state index is 3.97. The van der Waals surface area contributed by atoms with Crippen LogP contribution in [-0.2, 0) is 6.54 Å². The Balaban J connectivity index is 1.39. The fraction of sp³-hybridized carbons (Fsp3) is 0.429. The van der Waals surface area contributed by atoms with Crippen molar-refractivity contribution in [1.29, 1.82) is 0 Å². The largest absolute Gasteiger partial charge is 0.369 e. The molecular weight excluding hydrogens is 312 g/mol. The third-order valence-electron chi connectivity index (χ3n) is 6.02. The first kappa shape index (κ1) is 14.9. The molecule has 0 amide bonds. The van der Waals surface area contributed by atoms with Gasteiger partial charge in [-0.25, -0.2) is 0 Å². The number of benzene rings is 2. The van der Waals surface area contributed by atoms with Gasteiger partial charge in [-0.15, -0.1) is 0 Å². The van der Waals surface area contributed by atoms with E-state index >= 15 is 0 Å². The van der Waals surface area contributed by atoms with Crippen molar-refractivity contribution in [2.45, 2.75) is 35.6 Å². The van der Waals surface area contributed by atoms with Gasteiger partial charge in [-0.2, -0.15) is 0 Å². The molecular formula is C21H24N2S. The molecule has 1 spiro atoms. The summed E-state index contributed by atoms with van der Waals surface area (Å²) >= 11 is 2.12. The zero-order valence-corrected chi connectivity index (χ0v) is 14.8. The first-order valence-electron chi connectivity index (χ1n) is 9.16. The second-order valence-electron chi connectivity index (χ2n) is 7.52. The number of piperidine rings is 1. The van der Waals surface area contributed by atoms with Crippen LogP contribution in [0.25, 0.3) is 0 Å². The van der Waals surface area contributed by atoms with E-state index < -0.39 is 0 Å². The van der Waals surface area contributed by atoms with Gasteiger partial charge >= 0.3 is 0 Å². The zero-order chi connectivity index (χ0) is 16.0. The Kier molecular flexibility index (Phi) is 3.60. The van der Waals surface area contributed by atoms with Crippen LogP contribution in [0.1, 0.15) is 24.8 Å². The highest BCUT2D eigenvalue weighted by Crippen LogP contribution is 2.58. The molecule has 2 fully saturated rings. The Morgan fingerprint density at radius 1 is 0.958 bits per heavy atom. The third-order valence-corrected chi connectivity index (χ3v) is 7.70. The lowest BCUT2D eigenvalue weighted by atomic mass is 9.72. The molecule has 2 aliphatic heterocycles. The molecule has 1 aliphatic carbocycles. The standard InChI is InChI=1S/C21H24N2S/c1-2-7-16(8-3-1)13-23-14-17-9-6-10-18(15-23)21(17)22-19-11-4-5-12-20(19)24-21/h1-5,7-8,11-12,17-18,22H,6,9-10,13-15H2. The van der Waals surface area contributed by atoms with Crippen molar-refractivity contribution >= 4 is 17.4 Å². The first-order valence-corrected chi connectivity index (χ1v) is 9.98. The third kappa shape index (κ3) is 2.37. The summed E-state index contributed by atoms with van der Waals surface area (Å²) in [4.78, 5) is 4.39. The molecule has 3 aliphatic rings. The Morgan fingerprint density at radius 2 is 1.67 bits per heavy atom. The topological polar surface area (TPSA) is 15.3 Å². The minimum atomic E-state index is 0.245. The summed E-state index contributed by atoms with van der Waals surface area (Å²) in [6.45, 7) is 3.54. The molecule has 2 nitrogen and oxygen atoms in total. The van der Waals surface area contributed by atoms with Gasteiger partial charge in [0.2, 0.25) is 0 Å². The van der Waals surface area contributed by atoms with Crippen LogP contribution in [0.4, 0.5) is 5.69 Å². The molecule has 2 atom stereocenters. The Hall–Kier alpha value is -1.45. The van der Waals surface area contributed by atoms with E-state index in [1.54, 1.807) is 0 Å². The van der Waals surface area contributed by atoms with E-state index in [0.29, 0.717) is 0 Å². The van der Waals surface area contributed by atoms with E-state index in [1.165, 1.54) is 48.5 Å². The number of fused-ring (bicyclic) bond motifs is 1. The van der Waals surface area contributed by atoms with Gasteiger partial charge in [0.05, 0.1) is 4.87 Å². The van der Waals surface area contributed by atoms with Crippen molar-refractivity contribution in [2.24, 2.45) is 11.8 Å². The summed E-state index contributed by atoms with van der Waals surface area (Å²) in [7, 11) is 0. The number of rotatable bonds is 2. The van der Waals surface area contributed by atoms with Crippen LogP contribution in [0.5, 0.6) is 0 Å². The number of anilines is 1. The minimum Gasteiger partial charge on any atom is -0.369 e. The molecule has 3 heteroatoms. The van der Waals surface area contributed by atoms with Gasteiger partial charge < -0.3 is 5.32 Å². The number of nitrogens with one attached hydrogen (secondary N) is 1. The summed E-state index contributed by atoms with van der Waals surface area (Å²) in [6.07, 6.45) is 4.11. The van der Waals surface area contributed by atoms with Crippen molar-refractivity contribution in [3.8, 4) is 0 Å².